The Morgan fingerprint density at radius 2 is 1.89 bits per heavy atom. The first-order valence-electron chi connectivity index (χ1n) is 6.77. The number of hydrogen-bond acceptors (Lipinski definition) is 3. The predicted octanol–water partition coefficient (Wildman–Crippen LogP) is 1.85. The minimum absolute atomic E-state index is 0.142. The first-order valence-corrected chi connectivity index (χ1v) is 8.25. The Morgan fingerprint density at radius 3 is 2.47 bits per heavy atom. The van der Waals surface area contributed by atoms with Gasteiger partial charge in [0.15, 0.2) is 0 Å². The van der Waals surface area contributed by atoms with E-state index >= 15 is 0 Å². The molecule has 0 radical (unpaired) electrons. The third kappa shape index (κ3) is 3.55. The Hall–Kier alpha value is -0.910. The molecular formula is C14H22N2O2S. The zero-order valence-corrected chi connectivity index (χ0v) is 12.6. The van der Waals surface area contributed by atoms with Crippen molar-refractivity contribution in [2.24, 2.45) is 0 Å². The molecular weight excluding hydrogens is 260 g/mol. The highest BCUT2D eigenvalue weighted by molar-refractivity contribution is 7.89. The van der Waals surface area contributed by atoms with Gasteiger partial charge in [0.2, 0.25) is 10.0 Å². The lowest BCUT2D eigenvalue weighted by Gasteiger charge is -2.13. The SMILES string of the molecule is CCNCc1cc(S(=O)(=O)NC2CC2)c(C)cc1C. The maximum atomic E-state index is 12.3. The van der Waals surface area contributed by atoms with E-state index in [1.165, 1.54) is 0 Å². The average Bonchev–Trinajstić information content (AvgIpc) is 3.10. The van der Waals surface area contributed by atoms with Crippen molar-refractivity contribution in [3.63, 3.8) is 0 Å². The molecule has 0 atom stereocenters. The minimum atomic E-state index is -3.37. The van der Waals surface area contributed by atoms with E-state index in [2.05, 4.69) is 10.0 Å². The molecule has 5 heteroatoms. The Kier molecular flexibility index (Phi) is 4.28. The molecule has 1 saturated carbocycles. The van der Waals surface area contributed by atoms with Crippen molar-refractivity contribution in [3.05, 3.63) is 28.8 Å². The molecule has 1 fully saturated rings. The van der Waals surface area contributed by atoms with Gasteiger partial charge in [-0.2, -0.15) is 0 Å². The first-order chi connectivity index (χ1) is 8.94. The van der Waals surface area contributed by atoms with Crippen LogP contribution in [0.1, 0.15) is 36.5 Å². The van der Waals surface area contributed by atoms with Gasteiger partial charge in [-0.05, 0) is 56.0 Å². The summed E-state index contributed by atoms with van der Waals surface area (Å²) in [5.74, 6) is 0. The zero-order valence-electron chi connectivity index (χ0n) is 11.8. The van der Waals surface area contributed by atoms with Crippen LogP contribution < -0.4 is 10.0 Å². The van der Waals surface area contributed by atoms with Gasteiger partial charge in [0, 0.05) is 12.6 Å². The first kappa shape index (κ1) is 14.5. The molecule has 0 amide bonds. The molecule has 2 rings (SSSR count). The molecule has 0 aromatic heterocycles. The fraction of sp³-hybridized carbons (Fsp3) is 0.571. The van der Waals surface area contributed by atoms with Crippen molar-refractivity contribution in [2.75, 3.05) is 6.54 Å². The fourth-order valence-electron chi connectivity index (χ4n) is 2.10. The monoisotopic (exact) mass is 282 g/mol. The maximum Gasteiger partial charge on any atom is 0.241 e. The molecule has 0 aliphatic heterocycles. The fourth-order valence-corrected chi connectivity index (χ4v) is 3.68. The Labute approximate surface area is 115 Å². The summed E-state index contributed by atoms with van der Waals surface area (Å²) in [6.07, 6.45) is 1.91. The number of hydrogen-bond donors (Lipinski definition) is 2. The van der Waals surface area contributed by atoms with Gasteiger partial charge >= 0.3 is 0 Å². The van der Waals surface area contributed by atoms with Crippen LogP contribution in [0.4, 0.5) is 0 Å². The summed E-state index contributed by atoms with van der Waals surface area (Å²) in [5.41, 5.74) is 2.98. The second kappa shape index (κ2) is 5.61. The van der Waals surface area contributed by atoms with Crippen LogP contribution in [0, 0.1) is 13.8 Å². The zero-order chi connectivity index (χ0) is 14.0. The van der Waals surface area contributed by atoms with Gasteiger partial charge < -0.3 is 5.32 Å². The van der Waals surface area contributed by atoms with Gasteiger partial charge in [-0.25, -0.2) is 13.1 Å². The molecule has 4 nitrogen and oxygen atoms in total. The highest BCUT2D eigenvalue weighted by atomic mass is 32.2. The van der Waals surface area contributed by atoms with Crippen LogP contribution in [-0.2, 0) is 16.6 Å². The van der Waals surface area contributed by atoms with E-state index in [0.29, 0.717) is 11.4 Å². The molecule has 0 spiro atoms. The lowest BCUT2D eigenvalue weighted by molar-refractivity contribution is 0.580. The largest absolute Gasteiger partial charge is 0.313 e. The van der Waals surface area contributed by atoms with Gasteiger partial charge in [-0.15, -0.1) is 0 Å². The summed E-state index contributed by atoms with van der Waals surface area (Å²) >= 11 is 0. The van der Waals surface area contributed by atoms with E-state index in [0.717, 1.165) is 36.1 Å². The van der Waals surface area contributed by atoms with Crippen molar-refractivity contribution in [1.29, 1.82) is 0 Å². The quantitative estimate of drug-likeness (QED) is 0.837. The molecule has 19 heavy (non-hydrogen) atoms. The summed E-state index contributed by atoms with van der Waals surface area (Å²) in [4.78, 5) is 0.415. The molecule has 1 aliphatic carbocycles. The average molecular weight is 282 g/mol. The normalized spacial score (nSPS) is 15.7. The van der Waals surface area contributed by atoms with Gasteiger partial charge in [0.1, 0.15) is 0 Å². The lowest BCUT2D eigenvalue weighted by Crippen LogP contribution is -2.26. The van der Waals surface area contributed by atoms with E-state index in [-0.39, 0.29) is 6.04 Å². The van der Waals surface area contributed by atoms with Crippen LogP contribution in [0.3, 0.4) is 0 Å². The lowest BCUT2D eigenvalue weighted by atomic mass is 10.1. The molecule has 0 bridgehead atoms. The van der Waals surface area contributed by atoms with Crippen LogP contribution in [0.25, 0.3) is 0 Å². The molecule has 1 aromatic carbocycles. The van der Waals surface area contributed by atoms with Crippen LogP contribution in [0.5, 0.6) is 0 Å². The smallest absolute Gasteiger partial charge is 0.241 e. The van der Waals surface area contributed by atoms with Crippen LogP contribution in [0.15, 0.2) is 17.0 Å². The summed E-state index contributed by atoms with van der Waals surface area (Å²) in [7, 11) is -3.37. The molecule has 1 aliphatic rings. The molecule has 0 unspecified atom stereocenters. The standard InChI is InChI=1S/C14H22N2O2S/c1-4-15-9-12-8-14(11(3)7-10(12)2)19(17,18)16-13-5-6-13/h7-8,13,15-16H,4-6,9H2,1-3H3. The molecule has 0 heterocycles. The molecule has 1 aromatic rings. The molecule has 2 N–H and O–H groups in total. The number of benzene rings is 1. The van der Waals surface area contributed by atoms with Crippen LogP contribution in [0.2, 0.25) is 0 Å². The van der Waals surface area contributed by atoms with E-state index in [9.17, 15) is 8.42 Å². The summed E-state index contributed by atoms with van der Waals surface area (Å²) in [5, 5.41) is 3.24. The van der Waals surface area contributed by atoms with Crippen LogP contribution in [-0.4, -0.2) is 21.0 Å². The molecule has 0 saturated heterocycles. The topological polar surface area (TPSA) is 58.2 Å². The van der Waals surface area contributed by atoms with Gasteiger partial charge in [-0.3, -0.25) is 0 Å². The third-order valence-corrected chi connectivity index (χ3v) is 5.05. The van der Waals surface area contributed by atoms with E-state index in [1.54, 1.807) is 6.07 Å². The maximum absolute atomic E-state index is 12.3. The van der Waals surface area contributed by atoms with E-state index in [1.807, 2.05) is 26.8 Å². The number of aryl methyl sites for hydroxylation is 2. The Balaban J connectivity index is 2.32. The predicted molar refractivity (Wildman–Crippen MR) is 76.6 cm³/mol. The van der Waals surface area contributed by atoms with Gasteiger partial charge in [-0.1, -0.05) is 13.0 Å². The van der Waals surface area contributed by atoms with E-state index < -0.39 is 10.0 Å². The highest BCUT2D eigenvalue weighted by Crippen LogP contribution is 2.25. The summed E-state index contributed by atoms with van der Waals surface area (Å²) in [6.45, 7) is 7.48. The van der Waals surface area contributed by atoms with Crippen LogP contribution >= 0.6 is 0 Å². The summed E-state index contributed by atoms with van der Waals surface area (Å²) < 4.78 is 27.4. The summed E-state index contributed by atoms with van der Waals surface area (Å²) in [6, 6.07) is 3.90. The highest BCUT2D eigenvalue weighted by Gasteiger charge is 2.29. The van der Waals surface area contributed by atoms with Crippen molar-refractivity contribution in [2.45, 2.75) is 51.1 Å². The van der Waals surface area contributed by atoms with E-state index in [4.69, 9.17) is 0 Å². The number of rotatable bonds is 6. The second-order valence-electron chi connectivity index (χ2n) is 5.22. The number of nitrogens with one attached hydrogen (secondary N) is 2. The second-order valence-corrected chi connectivity index (χ2v) is 6.90. The third-order valence-electron chi connectivity index (χ3n) is 3.39. The van der Waals surface area contributed by atoms with Crippen molar-refractivity contribution in [1.82, 2.24) is 10.0 Å². The number of sulfonamides is 1. The van der Waals surface area contributed by atoms with Crippen molar-refractivity contribution < 1.29 is 8.42 Å². The van der Waals surface area contributed by atoms with Gasteiger partial charge in [0.25, 0.3) is 0 Å². The Morgan fingerprint density at radius 1 is 1.21 bits per heavy atom. The van der Waals surface area contributed by atoms with Crippen molar-refractivity contribution in [3.8, 4) is 0 Å². The van der Waals surface area contributed by atoms with Crippen molar-refractivity contribution >= 4 is 10.0 Å². The minimum Gasteiger partial charge on any atom is -0.313 e. The Bertz CT molecular complexity index is 563. The van der Waals surface area contributed by atoms with Gasteiger partial charge in [0.05, 0.1) is 4.90 Å². The molecule has 106 valence electrons.